The van der Waals surface area contributed by atoms with Crippen LogP contribution in [0.2, 0.25) is 18.1 Å². The third-order valence-electron chi connectivity index (χ3n) is 8.67. The molecule has 0 spiro atoms. The largest absolute Gasteiger partial charge is 0.416 e. The lowest BCUT2D eigenvalue weighted by Crippen LogP contribution is -2.57. The zero-order valence-corrected chi connectivity index (χ0v) is 25.3. The number of halogens is 3. The van der Waals surface area contributed by atoms with E-state index in [4.69, 9.17) is 14.1 Å². The number of fused-ring (bicyclic) bond motifs is 1. The number of rotatable bonds is 7. The van der Waals surface area contributed by atoms with Gasteiger partial charge in [-0.2, -0.15) is 13.2 Å². The van der Waals surface area contributed by atoms with E-state index in [2.05, 4.69) is 53.2 Å². The Morgan fingerprint density at radius 2 is 1.77 bits per heavy atom. The predicted octanol–water partition coefficient (Wildman–Crippen LogP) is 5.85. The van der Waals surface area contributed by atoms with Crippen molar-refractivity contribution in [2.75, 3.05) is 44.3 Å². The van der Waals surface area contributed by atoms with E-state index in [1.54, 1.807) is 19.2 Å². The zero-order chi connectivity index (χ0) is 28.9. The van der Waals surface area contributed by atoms with Crippen molar-refractivity contribution in [3.05, 3.63) is 53.0 Å². The Hall–Kier alpha value is -2.47. The van der Waals surface area contributed by atoms with E-state index in [1.807, 2.05) is 6.07 Å². The number of hydrogen-bond donors (Lipinski definition) is 0. The van der Waals surface area contributed by atoms with Crippen LogP contribution in [0.5, 0.6) is 0 Å². The van der Waals surface area contributed by atoms with Crippen molar-refractivity contribution in [1.29, 1.82) is 0 Å². The Morgan fingerprint density at radius 3 is 2.42 bits per heavy atom. The van der Waals surface area contributed by atoms with Crippen LogP contribution in [-0.4, -0.2) is 73.2 Å². The van der Waals surface area contributed by atoms with Crippen molar-refractivity contribution in [3.63, 3.8) is 0 Å². The molecule has 0 aliphatic carbocycles. The van der Waals surface area contributed by atoms with Gasteiger partial charge in [-0.25, -0.2) is 9.97 Å². The van der Waals surface area contributed by atoms with Crippen LogP contribution in [-0.2, 0) is 28.4 Å². The van der Waals surface area contributed by atoms with E-state index in [0.29, 0.717) is 31.9 Å². The molecule has 2 fully saturated rings. The van der Waals surface area contributed by atoms with Crippen LogP contribution < -0.4 is 4.90 Å². The molecule has 0 unspecified atom stereocenters. The molecule has 7 nitrogen and oxygen atoms in total. The molecular weight excluding hydrogens is 535 g/mol. The molecule has 2 saturated heterocycles. The smallest absolute Gasteiger partial charge is 0.411 e. The van der Waals surface area contributed by atoms with Crippen LogP contribution in [0.3, 0.4) is 0 Å². The maximum atomic E-state index is 13.7. The molecule has 0 N–H and O–H groups in total. The molecule has 5 rings (SSSR count). The van der Waals surface area contributed by atoms with Gasteiger partial charge in [0.1, 0.15) is 17.2 Å². The molecule has 2 aliphatic rings. The van der Waals surface area contributed by atoms with E-state index in [0.717, 1.165) is 54.9 Å². The first-order chi connectivity index (χ1) is 18.7. The molecule has 0 saturated carbocycles. The molecule has 11 heteroatoms. The minimum absolute atomic E-state index is 0.148. The van der Waals surface area contributed by atoms with E-state index >= 15 is 0 Å². The molecule has 0 atom stereocenters. The van der Waals surface area contributed by atoms with Gasteiger partial charge < -0.3 is 18.6 Å². The van der Waals surface area contributed by atoms with Gasteiger partial charge in [-0.3, -0.25) is 4.90 Å². The second-order valence-electron chi connectivity index (χ2n) is 12.5. The summed E-state index contributed by atoms with van der Waals surface area (Å²) in [6, 6.07) is 6.42. The summed E-state index contributed by atoms with van der Waals surface area (Å²) in [6.07, 6.45) is -2.43. The van der Waals surface area contributed by atoms with Crippen molar-refractivity contribution in [1.82, 2.24) is 19.4 Å². The summed E-state index contributed by atoms with van der Waals surface area (Å²) in [5.41, 5.74) is 1.89. The van der Waals surface area contributed by atoms with Gasteiger partial charge in [0, 0.05) is 38.8 Å². The van der Waals surface area contributed by atoms with Crippen LogP contribution in [0.15, 0.2) is 30.5 Å². The number of hydrogen-bond acceptors (Lipinski definition) is 6. The number of benzene rings is 1. The Labute approximate surface area is 235 Å². The lowest BCUT2D eigenvalue weighted by molar-refractivity contribution is -0.138. The van der Waals surface area contributed by atoms with E-state index < -0.39 is 20.1 Å². The van der Waals surface area contributed by atoms with E-state index in [9.17, 15) is 13.2 Å². The molecule has 2 aromatic heterocycles. The highest BCUT2D eigenvalue weighted by Crippen LogP contribution is 2.38. The quantitative estimate of drug-likeness (QED) is 0.330. The third kappa shape index (κ3) is 5.93. The Morgan fingerprint density at radius 1 is 1.07 bits per heavy atom. The molecular formula is C29H40F3N5O2Si. The van der Waals surface area contributed by atoms with Crippen molar-refractivity contribution in [2.24, 2.45) is 0 Å². The fourth-order valence-electron chi connectivity index (χ4n) is 5.18. The summed E-state index contributed by atoms with van der Waals surface area (Å²) in [5, 5.41) is 0.148. The number of anilines is 1. The first kappa shape index (κ1) is 29.0. The van der Waals surface area contributed by atoms with Gasteiger partial charge >= 0.3 is 6.18 Å². The lowest BCUT2D eigenvalue weighted by Gasteiger charge is -2.46. The Balaban J connectivity index is 1.44. The molecule has 40 heavy (non-hydrogen) atoms. The maximum absolute atomic E-state index is 13.7. The Kier molecular flexibility index (Phi) is 7.79. The summed E-state index contributed by atoms with van der Waals surface area (Å²) < 4.78 is 55.2. The van der Waals surface area contributed by atoms with Crippen LogP contribution in [0, 0.1) is 6.92 Å². The van der Waals surface area contributed by atoms with Gasteiger partial charge in [0.05, 0.1) is 43.1 Å². The molecule has 2 aliphatic heterocycles. The van der Waals surface area contributed by atoms with Crippen molar-refractivity contribution >= 4 is 25.2 Å². The molecule has 0 bridgehead atoms. The number of ether oxygens (including phenoxy) is 1. The maximum Gasteiger partial charge on any atom is 0.416 e. The fourth-order valence-corrected chi connectivity index (χ4v) is 6.52. The molecule has 218 valence electrons. The van der Waals surface area contributed by atoms with Crippen molar-refractivity contribution in [2.45, 2.75) is 71.2 Å². The first-order valence-electron chi connectivity index (χ1n) is 14.0. The first-order valence-corrected chi connectivity index (χ1v) is 16.9. The molecule has 0 amide bonds. The summed E-state index contributed by atoms with van der Waals surface area (Å²) in [6.45, 7) is 18.1. The van der Waals surface area contributed by atoms with E-state index in [1.165, 1.54) is 6.07 Å². The predicted molar refractivity (Wildman–Crippen MR) is 153 cm³/mol. The highest BCUT2D eigenvalue weighted by Gasteiger charge is 2.42. The lowest BCUT2D eigenvalue weighted by atomic mass is 10.0. The average Bonchev–Trinajstić information content (AvgIpc) is 3.19. The number of aromatic nitrogens is 3. The monoisotopic (exact) mass is 575 g/mol. The summed E-state index contributed by atoms with van der Waals surface area (Å²) in [4.78, 5) is 14.1. The summed E-state index contributed by atoms with van der Waals surface area (Å²) >= 11 is 0. The minimum Gasteiger partial charge on any atom is -0.411 e. The third-order valence-corrected chi connectivity index (χ3v) is 13.2. The van der Waals surface area contributed by atoms with Gasteiger partial charge in [-0.1, -0.05) is 32.9 Å². The van der Waals surface area contributed by atoms with Gasteiger partial charge in [0.25, 0.3) is 0 Å². The van der Waals surface area contributed by atoms with Gasteiger partial charge in [0.15, 0.2) is 8.32 Å². The highest BCUT2D eigenvalue weighted by molar-refractivity contribution is 6.74. The molecule has 4 heterocycles. The standard InChI is InChI=1S/C29H40F3N5O2Si/c1-20-21(8-7-9-23(20)29(30,31)32)16-37-25-14-26(36-10-12-38-13-11-36)33-15-24(25)34-27(37)19-35-17-22(18-35)39-40(5,6)28(2,3)4/h7-9,14-15,22H,10-13,16-19H2,1-6H3. The second kappa shape index (κ2) is 10.7. The molecule has 1 aromatic carbocycles. The highest BCUT2D eigenvalue weighted by atomic mass is 28.4. The SMILES string of the molecule is Cc1c(Cn2c(CN3CC(O[Si](C)(C)C(C)(C)C)C3)nc3cnc(N4CCOCC4)cc32)cccc1C(F)(F)F. The number of imidazole rings is 1. The van der Waals surface area contributed by atoms with Crippen LogP contribution >= 0.6 is 0 Å². The van der Waals surface area contributed by atoms with Crippen LogP contribution in [0.1, 0.15) is 43.3 Å². The fraction of sp³-hybridized carbons (Fsp3) is 0.586. The topological polar surface area (TPSA) is 55.7 Å². The molecule has 3 aromatic rings. The van der Waals surface area contributed by atoms with Crippen LogP contribution in [0.4, 0.5) is 19.0 Å². The minimum atomic E-state index is -4.40. The number of alkyl halides is 3. The van der Waals surface area contributed by atoms with Crippen LogP contribution in [0.25, 0.3) is 11.0 Å². The normalized spacial score (nSPS) is 18.0. The van der Waals surface area contributed by atoms with Gasteiger partial charge in [-0.05, 0) is 42.2 Å². The summed E-state index contributed by atoms with van der Waals surface area (Å²) in [5.74, 6) is 1.65. The van der Waals surface area contributed by atoms with E-state index in [-0.39, 0.29) is 16.7 Å². The summed E-state index contributed by atoms with van der Waals surface area (Å²) in [7, 11) is -1.86. The van der Waals surface area contributed by atoms with Gasteiger partial charge in [0.2, 0.25) is 0 Å². The Bertz CT molecular complexity index is 1360. The second-order valence-corrected chi connectivity index (χ2v) is 17.3. The zero-order valence-electron chi connectivity index (χ0n) is 24.3. The number of likely N-dealkylation sites (tertiary alicyclic amines) is 1. The molecule has 0 radical (unpaired) electrons. The number of morpholine rings is 1. The van der Waals surface area contributed by atoms with Gasteiger partial charge in [-0.15, -0.1) is 0 Å². The van der Waals surface area contributed by atoms with Crippen molar-refractivity contribution in [3.8, 4) is 0 Å². The average molecular weight is 576 g/mol. The van der Waals surface area contributed by atoms with Crippen molar-refractivity contribution < 1.29 is 22.3 Å². The number of nitrogens with zero attached hydrogens (tertiary/aromatic N) is 5. The number of pyridine rings is 1.